The van der Waals surface area contributed by atoms with E-state index in [0.717, 1.165) is 5.56 Å². The first-order chi connectivity index (χ1) is 13.5. The van der Waals surface area contributed by atoms with Crippen molar-refractivity contribution in [1.29, 1.82) is 0 Å². The summed E-state index contributed by atoms with van der Waals surface area (Å²) in [6.45, 7) is 9.00. The van der Waals surface area contributed by atoms with Crippen molar-refractivity contribution in [2.24, 2.45) is 5.92 Å². The molecule has 0 heterocycles. The normalized spacial score (nSPS) is 13.5. The number of esters is 1. The summed E-state index contributed by atoms with van der Waals surface area (Å²) in [5, 5.41) is 8.41. The lowest BCUT2D eigenvalue weighted by atomic mass is 10.0. The van der Waals surface area contributed by atoms with E-state index in [-0.39, 0.29) is 18.4 Å². The van der Waals surface area contributed by atoms with Crippen LogP contribution in [0.25, 0.3) is 0 Å². The van der Waals surface area contributed by atoms with Gasteiger partial charge in [0, 0.05) is 0 Å². The predicted molar refractivity (Wildman–Crippen MR) is 113 cm³/mol. The summed E-state index contributed by atoms with van der Waals surface area (Å²) in [5.74, 6) is -0.978. The molecule has 0 unspecified atom stereocenters. The minimum absolute atomic E-state index is 0.190. The Morgan fingerprint density at radius 1 is 1.00 bits per heavy atom. The Labute approximate surface area is 174 Å². The molecule has 7 nitrogen and oxygen atoms in total. The number of benzene rings is 1. The van der Waals surface area contributed by atoms with Crippen LogP contribution in [0, 0.1) is 5.92 Å². The van der Waals surface area contributed by atoms with Crippen LogP contribution >= 0.6 is 0 Å². The average Bonchev–Trinajstić information content (AvgIpc) is 2.62. The number of carbonyl (C=O) groups is 3. The largest absolute Gasteiger partial charge is 0.459 e. The number of hydrogen-bond donors (Lipinski definition) is 3. The Morgan fingerprint density at radius 3 is 2.14 bits per heavy atom. The zero-order chi connectivity index (χ0) is 22.0. The Hall–Kier alpha value is -2.41. The lowest BCUT2D eigenvalue weighted by Crippen LogP contribution is -2.53. The summed E-state index contributed by atoms with van der Waals surface area (Å²) in [6.07, 6.45) is 0.977. The summed E-state index contributed by atoms with van der Waals surface area (Å²) >= 11 is 0. The van der Waals surface area contributed by atoms with Crippen LogP contribution in [0.1, 0.15) is 46.6 Å². The molecule has 0 aromatic heterocycles. The van der Waals surface area contributed by atoms with Crippen LogP contribution in [0.5, 0.6) is 0 Å². The lowest BCUT2D eigenvalue weighted by Gasteiger charge is -2.24. The van der Waals surface area contributed by atoms with Gasteiger partial charge in [-0.05, 0) is 52.1 Å². The van der Waals surface area contributed by atoms with Gasteiger partial charge in [0.25, 0.3) is 0 Å². The smallest absolute Gasteiger partial charge is 0.325 e. The van der Waals surface area contributed by atoms with Crippen molar-refractivity contribution in [3.63, 3.8) is 0 Å². The molecule has 0 aliphatic heterocycles. The van der Waals surface area contributed by atoms with E-state index in [0.29, 0.717) is 12.8 Å². The van der Waals surface area contributed by atoms with Crippen LogP contribution < -0.4 is 16.0 Å². The van der Waals surface area contributed by atoms with Gasteiger partial charge in [-0.3, -0.25) is 14.4 Å². The van der Waals surface area contributed by atoms with Crippen LogP contribution in [0.3, 0.4) is 0 Å². The van der Waals surface area contributed by atoms with E-state index in [2.05, 4.69) is 16.0 Å². The molecule has 1 rings (SSSR count). The van der Waals surface area contributed by atoms with Crippen molar-refractivity contribution in [3.05, 3.63) is 35.9 Å². The summed E-state index contributed by atoms with van der Waals surface area (Å²) in [6, 6.07) is 8.48. The van der Waals surface area contributed by atoms with Gasteiger partial charge in [-0.25, -0.2) is 0 Å². The van der Waals surface area contributed by atoms with E-state index >= 15 is 0 Å². The van der Waals surface area contributed by atoms with Crippen LogP contribution in [0.15, 0.2) is 30.3 Å². The monoisotopic (exact) mass is 405 g/mol. The van der Waals surface area contributed by atoms with Crippen molar-refractivity contribution in [2.75, 3.05) is 13.6 Å². The van der Waals surface area contributed by atoms with Crippen LogP contribution in [-0.2, 0) is 25.5 Å². The van der Waals surface area contributed by atoms with Crippen molar-refractivity contribution in [2.45, 2.75) is 65.1 Å². The number of likely N-dealkylation sites (N-methyl/N-ethyl adjacent to an activating group) is 1. The molecule has 0 saturated heterocycles. The van der Waals surface area contributed by atoms with Gasteiger partial charge in [-0.2, -0.15) is 0 Å². The first kappa shape index (κ1) is 24.6. The molecule has 1 aromatic carbocycles. The van der Waals surface area contributed by atoms with Gasteiger partial charge in [-0.1, -0.05) is 44.2 Å². The summed E-state index contributed by atoms with van der Waals surface area (Å²) in [5.41, 5.74) is 0.405. The first-order valence-electron chi connectivity index (χ1n) is 10.0. The fourth-order valence-corrected chi connectivity index (χ4v) is 2.81. The molecule has 0 bridgehead atoms. The molecule has 0 spiro atoms. The number of rotatable bonds is 10. The standard InChI is InChI=1S/C22H35N3O4/c1-15(2)12-18(20(27)24-14-19(26)29-22(3,4)5)25-21(28)17(23-6)13-16-10-8-7-9-11-16/h7-11,15,17-18,23H,12-14H2,1-6H3,(H,24,27)(H,25,28)/t17-,18-/m0/s1. The molecule has 3 N–H and O–H groups in total. The minimum atomic E-state index is -0.725. The summed E-state index contributed by atoms with van der Waals surface area (Å²) in [7, 11) is 1.72. The Kier molecular flexibility index (Phi) is 9.81. The molecule has 0 aliphatic rings. The second kappa shape index (κ2) is 11.6. The van der Waals surface area contributed by atoms with E-state index in [1.807, 2.05) is 44.2 Å². The highest BCUT2D eigenvalue weighted by molar-refractivity contribution is 5.91. The van der Waals surface area contributed by atoms with E-state index in [1.54, 1.807) is 27.8 Å². The molecule has 0 fully saturated rings. The van der Waals surface area contributed by atoms with Gasteiger partial charge in [-0.15, -0.1) is 0 Å². The Bertz CT molecular complexity index is 668. The van der Waals surface area contributed by atoms with Crippen LogP contribution in [0.2, 0.25) is 0 Å². The maximum absolute atomic E-state index is 12.8. The van der Waals surface area contributed by atoms with Gasteiger partial charge in [0.1, 0.15) is 18.2 Å². The lowest BCUT2D eigenvalue weighted by molar-refractivity contribution is -0.154. The zero-order valence-electron chi connectivity index (χ0n) is 18.4. The van der Waals surface area contributed by atoms with Crippen molar-refractivity contribution in [1.82, 2.24) is 16.0 Å². The van der Waals surface area contributed by atoms with Gasteiger partial charge in [0.15, 0.2) is 0 Å². The number of nitrogens with one attached hydrogen (secondary N) is 3. The average molecular weight is 406 g/mol. The molecule has 0 aliphatic carbocycles. The minimum Gasteiger partial charge on any atom is -0.459 e. The van der Waals surface area contributed by atoms with Gasteiger partial charge < -0.3 is 20.7 Å². The molecular weight excluding hydrogens is 370 g/mol. The molecule has 0 saturated carbocycles. The summed E-state index contributed by atoms with van der Waals surface area (Å²) < 4.78 is 5.20. The van der Waals surface area contributed by atoms with Gasteiger partial charge in [0.05, 0.1) is 6.04 Å². The SMILES string of the molecule is CN[C@@H](Cc1ccccc1)C(=O)N[C@@H](CC(C)C)C(=O)NCC(=O)OC(C)(C)C. The zero-order valence-corrected chi connectivity index (χ0v) is 18.4. The molecule has 2 amide bonds. The maximum Gasteiger partial charge on any atom is 0.325 e. The maximum atomic E-state index is 12.8. The van der Waals surface area contributed by atoms with E-state index < -0.39 is 29.6 Å². The van der Waals surface area contributed by atoms with Crippen molar-refractivity contribution >= 4 is 17.8 Å². The Morgan fingerprint density at radius 2 is 1.62 bits per heavy atom. The summed E-state index contributed by atoms with van der Waals surface area (Å²) in [4.78, 5) is 37.2. The van der Waals surface area contributed by atoms with Gasteiger partial charge in [0.2, 0.25) is 11.8 Å². The molecular formula is C22H35N3O4. The third kappa shape index (κ3) is 10.1. The second-order valence-electron chi connectivity index (χ2n) is 8.53. The van der Waals surface area contributed by atoms with E-state index in [4.69, 9.17) is 4.74 Å². The van der Waals surface area contributed by atoms with Gasteiger partial charge >= 0.3 is 5.97 Å². The second-order valence-corrected chi connectivity index (χ2v) is 8.53. The molecule has 2 atom stereocenters. The number of carbonyl (C=O) groups excluding carboxylic acids is 3. The topological polar surface area (TPSA) is 96.5 Å². The molecule has 162 valence electrons. The van der Waals surface area contributed by atoms with E-state index in [9.17, 15) is 14.4 Å². The Balaban J connectivity index is 2.71. The molecule has 0 radical (unpaired) electrons. The van der Waals surface area contributed by atoms with E-state index in [1.165, 1.54) is 0 Å². The van der Waals surface area contributed by atoms with Crippen molar-refractivity contribution < 1.29 is 19.1 Å². The number of hydrogen-bond acceptors (Lipinski definition) is 5. The highest BCUT2D eigenvalue weighted by Gasteiger charge is 2.26. The third-order valence-electron chi connectivity index (χ3n) is 4.11. The molecule has 1 aromatic rings. The fourth-order valence-electron chi connectivity index (χ4n) is 2.81. The quantitative estimate of drug-likeness (QED) is 0.516. The fraction of sp³-hybridized carbons (Fsp3) is 0.591. The first-order valence-corrected chi connectivity index (χ1v) is 10.0. The van der Waals surface area contributed by atoms with Crippen LogP contribution in [0.4, 0.5) is 0 Å². The highest BCUT2D eigenvalue weighted by Crippen LogP contribution is 2.09. The molecule has 29 heavy (non-hydrogen) atoms. The number of amides is 2. The number of ether oxygens (including phenoxy) is 1. The van der Waals surface area contributed by atoms with Crippen LogP contribution in [-0.4, -0.2) is 49.1 Å². The third-order valence-corrected chi connectivity index (χ3v) is 4.11. The molecule has 7 heteroatoms. The predicted octanol–water partition coefficient (Wildman–Crippen LogP) is 1.81. The highest BCUT2D eigenvalue weighted by atomic mass is 16.6. The van der Waals surface area contributed by atoms with Crippen molar-refractivity contribution in [3.8, 4) is 0 Å².